The lowest BCUT2D eigenvalue weighted by atomic mass is 9.79. The van der Waals surface area contributed by atoms with E-state index in [9.17, 15) is 23.5 Å². The summed E-state index contributed by atoms with van der Waals surface area (Å²) in [6.07, 6.45) is 3.98. The van der Waals surface area contributed by atoms with Crippen LogP contribution in [0.1, 0.15) is 24.1 Å². The van der Waals surface area contributed by atoms with Gasteiger partial charge < -0.3 is 10.3 Å². The summed E-state index contributed by atoms with van der Waals surface area (Å²) in [5, 5.41) is 26.3. The molecule has 27 heavy (non-hydrogen) atoms. The average molecular weight is 402 g/mol. The minimum atomic E-state index is -2.05. The summed E-state index contributed by atoms with van der Waals surface area (Å²) < 4.78 is 43.3. The number of aromatic nitrogens is 5. The molecule has 2 atom stereocenters. The molecule has 0 unspecified atom stereocenters. The van der Waals surface area contributed by atoms with Gasteiger partial charge in [0.25, 0.3) is 6.33 Å². The van der Waals surface area contributed by atoms with Gasteiger partial charge in [0.05, 0.1) is 12.5 Å². The van der Waals surface area contributed by atoms with E-state index in [1.807, 2.05) is 0 Å². The number of hydrogen-bond acceptors (Lipinski definition) is 5. The van der Waals surface area contributed by atoms with Crippen LogP contribution in [0.25, 0.3) is 0 Å². The molecule has 1 N–H and O–H groups in total. The molecule has 0 saturated carbocycles. The molecule has 2 aromatic heterocycles. The number of halogens is 4. The zero-order valence-corrected chi connectivity index (χ0v) is 14.8. The van der Waals surface area contributed by atoms with Gasteiger partial charge in [-0.25, -0.2) is 23.2 Å². The first kappa shape index (κ1) is 20.6. The zero-order chi connectivity index (χ0) is 18.9. The average Bonchev–Trinajstić information content (AvgIpc) is 3.06. The monoisotopic (exact) mass is 401 g/mol. The van der Waals surface area contributed by atoms with Gasteiger partial charge >= 0.3 is 0 Å². The molecule has 0 spiro atoms. The van der Waals surface area contributed by atoms with Crippen molar-refractivity contribution >= 4 is 12.4 Å². The third-order valence-electron chi connectivity index (χ3n) is 4.19. The Bertz CT molecular complexity index is 928. The van der Waals surface area contributed by atoms with Crippen molar-refractivity contribution in [2.75, 3.05) is 0 Å². The highest BCUT2D eigenvalue weighted by Gasteiger charge is 2.43. The Kier molecular flexibility index (Phi) is 6.01. The van der Waals surface area contributed by atoms with Crippen molar-refractivity contribution in [3.8, 4) is 0 Å². The SMILES string of the molecule is C[C@@H](c1nc[n+]([O-])cc1F)[C@](O)(Cn1cncn1)c1ccc(F)cc1F.Cl. The van der Waals surface area contributed by atoms with Gasteiger partial charge in [-0.3, -0.25) is 0 Å². The fourth-order valence-corrected chi connectivity index (χ4v) is 2.79. The lowest BCUT2D eigenvalue weighted by molar-refractivity contribution is -0.610. The molecule has 0 radical (unpaired) electrons. The summed E-state index contributed by atoms with van der Waals surface area (Å²) in [6, 6.07) is 2.68. The minimum absolute atomic E-state index is 0. The lowest BCUT2D eigenvalue weighted by Gasteiger charge is -2.33. The molecule has 0 saturated heterocycles. The Morgan fingerprint density at radius 1 is 1.30 bits per heavy atom. The molecule has 0 aliphatic carbocycles. The summed E-state index contributed by atoms with van der Waals surface area (Å²) in [6.45, 7) is 1.12. The minimum Gasteiger partial charge on any atom is -0.711 e. The normalized spacial score (nSPS) is 14.3. The molecule has 2 heterocycles. The van der Waals surface area contributed by atoms with Crippen molar-refractivity contribution in [2.24, 2.45) is 0 Å². The van der Waals surface area contributed by atoms with Crippen LogP contribution in [0.5, 0.6) is 0 Å². The molecule has 0 aliphatic rings. The third kappa shape index (κ3) is 4.01. The molecule has 7 nitrogen and oxygen atoms in total. The summed E-state index contributed by atoms with van der Waals surface area (Å²) in [5.74, 6) is -3.89. The topological polar surface area (TPSA) is 90.8 Å². The van der Waals surface area contributed by atoms with Gasteiger partial charge in [-0.15, -0.1) is 12.4 Å². The highest BCUT2D eigenvalue weighted by Crippen LogP contribution is 2.39. The molecule has 144 valence electrons. The predicted octanol–water partition coefficient (Wildman–Crippen LogP) is 1.84. The van der Waals surface area contributed by atoms with E-state index in [0.29, 0.717) is 12.3 Å². The van der Waals surface area contributed by atoms with E-state index in [1.54, 1.807) is 0 Å². The summed E-state index contributed by atoms with van der Waals surface area (Å²) in [7, 11) is 0. The van der Waals surface area contributed by atoms with E-state index in [0.717, 1.165) is 18.5 Å². The number of nitrogens with zero attached hydrogens (tertiary/aromatic N) is 5. The van der Waals surface area contributed by atoms with Crippen LogP contribution in [-0.2, 0) is 12.1 Å². The van der Waals surface area contributed by atoms with E-state index in [2.05, 4.69) is 15.1 Å². The Balaban J connectivity index is 0.00000261. The highest BCUT2D eigenvalue weighted by molar-refractivity contribution is 5.85. The molecule has 0 bridgehead atoms. The van der Waals surface area contributed by atoms with Gasteiger partial charge in [0.1, 0.15) is 36.1 Å². The maximum atomic E-state index is 14.4. The number of aliphatic hydroxyl groups is 1. The standard InChI is InChI=1S/C16H14F3N5O2.ClH/c1-10(15-14(19)5-24(26)9-21-15)16(25,6-23-8-20-7-22-23)12-3-2-11(17)4-13(12)18;/h2-5,7-10,25H,6H2,1H3;1H/t10-,16+;/m0./s1. The first-order valence-electron chi connectivity index (χ1n) is 7.56. The molecule has 0 amide bonds. The van der Waals surface area contributed by atoms with E-state index in [-0.39, 0.29) is 34.9 Å². The Morgan fingerprint density at radius 2 is 2.04 bits per heavy atom. The maximum absolute atomic E-state index is 14.4. The maximum Gasteiger partial charge on any atom is 0.289 e. The number of benzene rings is 1. The summed E-state index contributed by atoms with van der Waals surface area (Å²) in [5.41, 5.74) is -2.56. The molecular weight excluding hydrogens is 387 g/mol. The Labute approximate surface area is 158 Å². The van der Waals surface area contributed by atoms with Crippen molar-refractivity contribution in [3.05, 3.63) is 77.3 Å². The fourth-order valence-electron chi connectivity index (χ4n) is 2.79. The van der Waals surface area contributed by atoms with Crippen LogP contribution < -0.4 is 4.73 Å². The van der Waals surface area contributed by atoms with E-state index >= 15 is 0 Å². The first-order chi connectivity index (χ1) is 12.3. The Hall–Kier alpha value is -2.72. The Morgan fingerprint density at radius 3 is 2.63 bits per heavy atom. The molecule has 3 aromatic rings. The van der Waals surface area contributed by atoms with E-state index in [4.69, 9.17) is 0 Å². The molecular formula is C16H15ClF3N5O2. The van der Waals surface area contributed by atoms with Gasteiger partial charge in [-0.05, 0) is 11.1 Å². The second-order valence-corrected chi connectivity index (χ2v) is 5.83. The van der Waals surface area contributed by atoms with Gasteiger partial charge in [-0.2, -0.15) is 9.49 Å². The van der Waals surface area contributed by atoms with E-state index in [1.165, 1.54) is 24.3 Å². The fraction of sp³-hybridized carbons (Fsp3) is 0.250. The number of hydrogen-bond donors (Lipinski definition) is 1. The van der Waals surface area contributed by atoms with Gasteiger partial charge in [0.15, 0.2) is 5.69 Å². The van der Waals surface area contributed by atoms with Crippen LogP contribution >= 0.6 is 12.4 Å². The van der Waals surface area contributed by atoms with Crippen molar-refractivity contribution in [1.82, 2.24) is 19.7 Å². The van der Waals surface area contributed by atoms with Gasteiger partial charge in [0.2, 0.25) is 5.82 Å². The third-order valence-corrected chi connectivity index (χ3v) is 4.19. The van der Waals surface area contributed by atoms with Crippen molar-refractivity contribution in [3.63, 3.8) is 0 Å². The molecule has 1 aromatic carbocycles. The summed E-state index contributed by atoms with van der Waals surface area (Å²) >= 11 is 0. The molecule has 0 fully saturated rings. The van der Waals surface area contributed by atoms with Crippen LogP contribution in [0.2, 0.25) is 0 Å². The second-order valence-electron chi connectivity index (χ2n) is 5.83. The molecule has 3 rings (SSSR count). The van der Waals surface area contributed by atoms with Crippen molar-refractivity contribution < 1.29 is 23.0 Å². The largest absolute Gasteiger partial charge is 0.711 e. The first-order valence-corrected chi connectivity index (χ1v) is 7.56. The molecule has 11 heteroatoms. The van der Waals surface area contributed by atoms with Crippen LogP contribution in [0.4, 0.5) is 13.2 Å². The van der Waals surface area contributed by atoms with Gasteiger partial charge in [0, 0.05) is 11.6 Å². The zero-order valence-electron chi connectivity index (χ0n) is 14.0. The van der Waals surface area contributed by atoms with Crippen LogP contribution in [0.3, 0.4) is 0 Å². The number of rotatable bonds is 5. The smallest absolute Gasteiger partial charge is 0.289 e. The van der Waals surface area contributed by atoms with Crippen LogP contribution in [0.15, 0.2) is 43.4 Å². The second kappa shape index (κ2) is 7.89. The van der Waals surface area contributed by atoms with Crippen molar-refractivity contribution in [2.45, 2.75) is 25.0 Å². The molecule has 0 aliphatic heterocycles. The van der Waals surface area contributed by atoms with Crippen molar-refractivity contribution in [1.29, 1.82) is 0 Å². The quantitative estimate of drug-likeness (QED) is 0.520. The van der Waals surface area contributed by atoms with Gasteiger partial charge in [-0.1, -0.05) is 13.0 Å². The predicted molar refractivity (Wildman–Crippen MR) is 89.1 cm³/mol. The highest BCUT2D eigenvalue weighted by atomic mass is 35.5. The summed E-state index contributed by atoms with van der Waals surface area (Å²) in [4.78, 5) is 7.47. The van der Waals surface area contributed by atoms with Crippen LogP contribution in [0, 0.1) is 22.7 Å². The van der Waals surface area contributed by atoms with Crippen LogP contribution in [-0.4, -0.2) is 24.9 Å². The lowest BCUT2D eigenvalue weighted by Crippen LogP contribution is -2.39. The van der Waals surface area contributed by atoms with E-state index < -0.39 is 29.0 Å².